The number of rotatable bonds is 6. The zero-order chi connectivity index (χ0) is 18.5. The third-order valence-electron chi connectivity index (χ3n) is 2.58. The summed E-state index contributed by atoms with van der Waals surface area (Å²) in [6.45, 7) is 11.6. The maximum absolute atomic E-state index is 12.0. The first kappa shape index (κ1) is 20.5. The monoisotopic (exact) mass is 399 g/mol. The van der Waals surface area contributed by atoms with Crippen LogP contribution in [-0.4, -0.2) is 28.2 Å². The van der Waals surface area contributed by atoms with Crippen molar-refractivity contribution in [1.82, 2.24) is 0 Å². The highest BCUT2D eigenvalue weighted by molar-refractivity contribution is 9.09. The Balaban J connectivity index is 3.16. The first-order valence-electron chi connectivity index (χ1n) is 7.80. The summed E-state index contributed by atoms with van der Waals surface area (Å²) >= 11 is 3.05. The summed E-state index contributed by atoms with van der Waals surface area (Å²) in [5, 5.41) is 2.89. The molecule has 1 rings (SSSR count). The van der Waals surface area contributed by atoms with Gasteiger partial charge >= 0.3 is 0 Å². The molecule has 0 fully saturated rings. The van der Waals surface area contributed by atoms with Crippen LogP contribution >= 0.6 is 15.9 Å². The molecular formula is C18H26BrNO4. The molecule has 1 aromatic carbocycles. The predicted octanol–water partition coefficient (Wildman–Crippen LogP) is 4.33. The second kappa shape index (κ2) is 8.01. The number of nitrogens with one attached hydrogen (secondary N) is 1. The number of carbonyl (C=O) groups excluding carboxylic acids is 2. The van der Waals surface area contributed by atoms with Gasteiger partial charge in [0.1, 0.15) is 11.2 Å². The van der Waals surface area contributed by atoms with Crippen LogP contribution in [-0.2, 0) is 9.59 Å². The van der Waals surface area contributed by atoms with Gasteiger partial charge in [0.2, 0.25) is 5.91 Å². The van der Waals surface area contributed by atoms with E-state index in [1.54, 1.807) is 18.2 Å². The average molecular weight is 400 g/mol. The Morgan fingerprint density at radius 1 is 1.04 bits per heavy atom. The average Bonchev–Trinajstić information content (AvgIpc) is 2.39. The number of ether oxygens (including phenoxy) is 2. The summed E-state index contributed by atoms with van der Waals surface area (Å²) in [6.07, 6.45) is -0.190. The fourth-order valence-corrected chi connectivity index (χ4v) is 2.05. The van der Waals surface area contributed by atoms with Crippen LogP contribution in [0.1, 0.15) is 48.0 Å². The number of halogens is 1. The highest BCUT2D eigenvalue weighted by Gasteiger charge is 2.23. The standard InChI is InChI=1S/C18H26BrNO4/c1-17(2,3)23-14-9-7-8-13(16(14)24-18(4,5)6)20-15(22)10-12(21)11-19/h7-9H,10-11H2,1-6H3,(H,20,22). The minimum absolute atomic E-state index is 0.152. The van der Waals surface area contributed by atoms with Crippen LogP contribution in [0.2, 0.25) is 0 Å². The van der Waals surface area contributed by atoms with E-state index < -0.39 is 11.2 Å². The van der Waals surface area contributed by atoms with Gasteiger partial charge in [0, 0.05) is 0 Å². The molecule has 0 unspecified atom stereocenters. The molecule has 0 saturated carbocycles. The summed E-state index contributed by atoms with van der Waals surface area (Å²) in [6, 6.07) is 5.30. The van der Waals surface area contributed by atoms with Gasteiger partial charge in [0.15, 0.2) is 17.3 Å². The van der Waals surface area contributed by atoms with Crippen LogP contribution in [0.4, 0.5) is 5.69 Å². The van der Waals surface area contributed by atoms with Gasteiger partial charge in [0.25, 0.3) is 0 Å². The maximum Gasteiger partial charge on any atom is 0.231 e. The lowest BCUT2D eigenvalue weighted by Crippen LogP contribution is -2.27. The van der Waals surface area contributed by atoms with E-state index in [1.165, 1.54) is 0 Å². The number of para-hydroxylation sites is 1. The second-order valence-electron chi connectivity index (χ2n) is 7.46. The highest BCUT2D eigenvalue weighted by Crippen LogP contribution is 2.39. The molecular weight excluding hydrogens is 374 g/mol. The van der Waals surface area contributed by atoms with Crippen molar-refractivity contribution in [3.05, 3.63) is 18.2 Å². The van der Waals surface area contributed by atoms with E-state index in [9.17, 15) is 9.59 Å². The molecule has 0 saturated heterocycles. The maximum atomic E-state index is 12.0. The summed E-state index contributed by atoms with van der Waals surface area (Å²) in [5.74, 6) is 0.431. The van der Waals surface area contributed by atoms with Crippen LogP contribution < -0.4 is 14.8 Å². The van der Waals surface area contributed by atoms with Gasteiger partial charge in [-0.1, -0.05) is 22.0 Å². The summed E-state index contributed by atoms with van der Waals surface area (Å²) in [5.41, 5.74) is -0.397. The fraction of sp³-hybridized carbons (Fsp3) is 0.556. The minimum Gasteiger partial charge on any atom is -0.484 e. The van der Waals surface area contributed by atoms with Crippen LogP contribution in [0.3, 0.4) is 0 Å². The molecule has 0 aliphatic heterocycles. The van der Waals surface area contributed by atoms with E-state index in [0.717, 1.165) is 0 Å². The zero-order valence-corrected chi connectivity index (χ0v) is 16.7. The first-order chi connectivity index (χ1) is 10.9. The molecule has 0 aliphatic carbocycles. The lowest BCUT2D eigenvalue weighted by Gasteiger charge is -2.28. The first-order valence-corrected chi connectivity index (χ1v) is 8.92. The van der Waals surface area contributed by atoms with E-state index in [0.29, 0.717) is 17.2 Å². The Morgan fingerprint density at radius 3 is 2.12 bits per heavy atom. The van der Waals surface area contributed by atoms with Crippen LogP contribution in [0.15, 0.2) is 18.2 Å². The molecule has 24 heavy (non-hydrogen) atoms. The lowest BCUT2D eigenvalue weighted by atomic mass is 10.1. The second-order valence-corrected chi connectivity index (χ2v) is 8.02. The lowest BCUT2D eigenvalue weighted by molar-refractivity contribution is -0.123. The molecule has 6 heteroatoms. The number of hydrogen-bond donors (Lipinski definition) is 1. The molecule has 0 bridgehead atoms. The number of benzene rings is 1. The van der Waals surface area contributed by atoms with Crippen molar-refractivity contribution >= 4 is 33.3 Å². The van der Waals surface area contributed by atoms with Crippen molar-refractivity contribution in [2.45, 2.75) is 59.2 Å². The molecule has 0 radical (unpaired) electrons. The van der Waals surface area contributed by atoms with Gasteiger partial charge in [0.05, 0.1) is 17.4 Å². The van der Waals surface area contributed by atoms with E-state index >= 15 is 0 Å². The van der Waals surface area contributed by atoms with Crippen molar-refractivity contribution in [2.75, 3.05) is 10.6 Å². The molecule has 134 valence electrons. The van der Waals surface area contributed by atoms with Crippen molar-refractivity contribution in [3.63, 3.8) is 0 Å². The van der Waals surface area contributed by atoms with Crippen LogP contribution in [0.25, 0.3) is 0 Å². The smallest absolute Gasteiger partial charge is 0.231 e. The van der Waals surface area contributed by atoms with Crippen molar-refractivity contribution < 1.29 is 19.1 Å². The molecule has 0 heterocycles. The number of ketones is 1. The number of Topliss-reactive ketones (excluding diaryl/α,β-unsaturated/α-hetero) is 1. The molecule has 0 spiro atoms. The number of anilines is 1. The van der Waals surface area contributed by atoms with Crippen LogP contribution in [0, 0.1) is 0 Å². The fourth-order valence-electron chi connectivity index (χ4n) is 1.86. The quantitative estimate of drug-likeness (QED) is 0.570. The Morgan fingerprint density at radius 2 is 1.62 bits per heavy atom. The molecule has 1 aromatic rings. The van der Waals surface area contributed by atoms with Crippen molar-refractivity contribution in [2.24, 2.45) is 0 Å². The van der Waals surface area contributed by atoms with E-state index in [4.69, 9.17) is 9.47 Å². The Bertz CT molecular complexity index is 600. The SMILES string of the molecule is CC(C)(C)Oc1cccc(NC(=O)CC(=O)CBr)c1OC(C)(C)C. The number of hydrogen-bond acceptors (Lipinski definition) is 4. The Labute approximate surface area is 152 Å². The Hall–Kier alpha value is -1.56. The van der Waals surface area contributed by atoms with Gasteiger partial charge in [-0.05, 0) is 53.7 Å². The molecule has 0 aliphatic rings. The van der Waals surface area contributed by atoms with Gasteiger partial charge in [-0.25, -0.2) is 0 Å². The van der Waals surface area contributed by atoms with Gasteiger partial charge < -0.3 is 14.8 Å². The summed E-state index contributed by atoms with van der Waals surface area (Å²) in [7, 11) is 0. The molecule has 1 amide bonds. The van der Waals surface area contributed by atoms with Gasteiger partial charge in [-0.15, -0.1) is 0 Å². The largest absolute Gasteiger partial charge is 0.484 e. The van der Waals surface area contributed by atoms with Crippen molar-refractivity contribution in [1.29, 1.82) is 0 Å². The third kappa shape index (κ3) is 7.34. The molecule has 5 nitrogen and oxygen atoms in total. The van der Waals surface area contributed by atoms with Crippen molar-refractivity contribution in [3.8, 4) is 11.5 Å². The topological polar surface area (TPSA) is 64.6 Å². The minimum atomic E-state index is -0.470. The molecule has 0 atom stereocenters. The number of carbonyl (C=O) groups is 2. The van der Waals surface area contributed by atoms with E-state index in [2.05, 4.69) is 21.2 Å². The molecule has 0 aromatic heterocycles. The summed E-state index contributed by atoms with van der Waals surface area (Å²) < 4.78 is 12.0. The molecule has 1 N–H and O–H groups in total. The highest BCUT2D eigenvalue weighted by atomic mass is 79.9. The predicted molar refractivity (Wildman–Crippen MR) is 99.3 cm³/mol. The van der Waals surface area contributed by atoms with Gasteiger partial charge in [-0.2, -0.15) is 0 Å². The van der Waals surface area contributed by atoms with Crippen LogP contribution in [0.5, 0.6) is 11.5 Å². The third-order valence-corrected chi connectivity index (χ3v) is 3.21. The normalized spacial score (nSPS) is 11.8. The number of amides is 1. The zero-order valence-electron chi connectivity index (χ0n) is 15.2. The van der Waals surface area contributed by atoms with E-state index in [-0.39, 0.29) is 23.4 Å². The van der Waals surface area contributed by atoms with E-state index in [1.807, 2.05) is 41.5 Å². The Kier molecular flexibility index (Phi) is 6.84. The summed E-state index contributed by atoms with van der Waals surface area (Å²) in [4.78, 5) is 23.5. The van der Waals surface area contributed by atoms with Gasteiger partial charge in [-0.3, -0.25) is 9.59 Å². The number of alkyl halides is 1.